The molecular formula is C23H16FN5O4S. The molecule has 1 unspecified atom stereocenters. The van der Waals surface area contributed by atoms with Gasteiger partial charge >= 0.3 is 6.03 Å². The average Bonchev–Trinajstić information content (AvgIpc) is 3.53. The van der Waals surface area contributed by atoms with Crippen molar-refractivity contribution in [3.8, 4) is 17.2 Å². The second-order valence-corrected chi connectivity index (χ2v) is 8.08. The number of aromatic nitrogens is 2. The Morgan fingerprint density at radius 2 is 2.09 bits per heavy atom. The number of halogens is 1. The molecule has 1 aliphatic rings. The highest BCUT2D eigenvalue weighted by atomic mass is 32.1. The van der Waals surface area contributed by atoms with Crippen LogP contribution < -0.4 is 20.1 Å². The maximum absolute atomic E-state index is 14.6. The number of hydrogen-bond acceptors (Lipinski definition) is 7. The Morgan fingerprint density at radius 1 is 1.21 bits per heavy atom. The highest BCUT2D eigenvalue weighted by Gasteiger charge is 2.24. The van der Waals surface area contributed by atoms with Crippen LogP contribution in [0.25, 0.3) is 15.7 Å². The van der Waals surface area contributed by atoms with Crippen molar-refractivity contribution in [1.82, 2.24) is 9.97 Å². The summed E-state index contributed by atoms with van der Waals surface area (Å²) in [6, 6.07) is 8.40. The van der Waals surface area contributed by atoms with Gasteiger partial charge < -0.3 is 19.5 Å². The number of rotatable bonds is 7. The Hall–Kier alpha value is -4.27. The zero-order chi connectivity index (χ0) is 23.5. The van der Waals surface area contributed by atoms with Gasteiger partial charge in [0.05, 0.1) is 24.4 Å². The van der Waals surface area contributed by atoms with Crippen molar-refractivity contribution < 1.29 is 23.4 Å². The number of carbonyl (C=O) groups is 1. The van der Waals surface area contributed by atoms with E-state index in [-0.39, 0.29) is 17.5 Å². The van der Waals surface area contributed by atoms with Crippen LogP contribution in [-0.4, -0.2) is 35.3 Å². The number of nitrogens with zero attached hydrogens (tertiary/aromatic N) is 3. The van der Waals surface area contributed by atoms with Gasteiger partial charge in [0, 0.05) is 29.2 Å². The van der Waals surface area contributed by atoms with Gasteiger partial charge in [0.2, 0.25) is 5.69 Å². The number of benzene rings is 2. The van der Waals surface area contributed by atoms with Crippen LogP contribution in [0.4, 0.5) is 25.7 Å². The van der Waals surface area contributed by atoms with Crippen LogP contribution in [0.2, 0.25) is 0 Å². The second-order valence-electron chi connectivity index (χ2n) is 7.18. The van der Waals surface area contributed by atoms with E-state index in [1.807, 2.05) is 0 Å². The summed E-state index contributed by atoms with van der Waals surface area (Å²) in [5.74, 6) is 0.352. The molecule has 5 rings (SSSR count). The SMILES string of the molecule is [C-]#[N+]c1cc2c(Oc3ccc(NC(=O)Nc4nccs4)c(F)c3)ccnc2cc1OCC1CO1. The summed E-state index contributed by atoms with van der Waals surface area (Å²) in [5, 5.41) is 7.64. The average molecular weight is 477 g/mol. The number of fused-ring (bicyclic) bond motifs is 1. The highest BCUT2D eigenvalue weighted by molar-refractivity contribution is 7.13. The maximum Gasteiger partial charge on any atom is 0.325 e. The fourth-order valence-corrected chi connectivity index (χ4v) is 3.62. The van der Waals surface area contributed by atoms with Crippen molar-refractivity contribution in [2.24, 2.45) is 0 Å². The van der Waals surface area contributed by atoms with E-state index in [9.17, 15) is 9.18 Å². The number of ether oxygens (including phenoxy) is 3. The number of anilines is 2. The Bertz CT molecular complexity index is 1400. The minimum atomic E-state index is -0.676. The summed E-state index contributed by atoms with van der Waals surface area (Å²) in [5.41, 5.74) is 0.856. The third-order valence-electron chi connectivity index (χ3n) is 4.80. The van der Waals surface area contributed by atoms with Gasteiger partial charge in [0.1, 0.15) is 35.8 Å². The lowest BCUT2D eigenvalue weighted by molar-refractivity contribution is 0.262. The molecule has 2 amide bonds. The van der Waals surface area contributed by atoms with Crippen molar-refractivity contribution in [3.63, 3.8) is 0 Å². The van der Waals surface area contributed by atoms with Crippen LogP contribution in [0.1, 0.15) is 0 Å². The number of carbonyl (C=O) groups excluding carboxylic acids is 1. The molecule has 0 aliphatic carbocycles. The van der Waals surface area contributed by atoms with Gasteiger partial charge in [-0.05, 0) is 30.3 Å². The monoisotopic (exact) mass is 477 g/mol. The first-order valence-corrected chi connectivity index (χ1v) is 11.0. The quantitative estimate of drug-likeness (QED) is 0.266. The second kappa shape index (κ2) is 9.30. The first kappa shape index (κ1) is 21.6. The van der Waals surface area contributed by atoms with Gasteiger partial charge in [-0.2, -0.15) is 0 Å². The van der Waals surface area contributed by atoms with E-state index in [1.54, 1.807) is 36.0 Å². The molecule has 34 heavy (non-hydrogen) atoms. The zero-order valence-electron chi connectivity index (χ0n) is 17.4. The van der Waals surface area contributed by atoms with Gasteiger partial charge in [-0.3, -0.25) is 10.3 Å². The molecule has 2 aromatic heterocycles. The zero-order valence-corrected chi connectivity index (χ0v) is 18.3. The van der Waals surface area contributed by atoms with E-state index < -0.39 is 11.8 Å². The van der Waals surface area contributed by atoms with E-state index in [1.165, 1.54) is 23.5 Å². The summed E-state index contributed by atoms with van der Waals surface area (Å²) >= 11 is 1.25. The third kappa shape index (κ3) is 4.88. The highest BCUT2D eigenvalue weighted by Crippen LogP contribution is 2.38. The molecule has 1 atom stereocenters. The lowest BCUT2D eigenvalue weighted by Gasteiger charge is -2.13. The Morgan fingerprint density at radius 3 is 2.82 bits per heavy atom. The lowest BCUT2D eigenvalue weighted by atomic mass is 10.1. The fraction of sp³-hybridized carbons (Fsp3) is 0.130. The predicted octanol–water partition coefficient (Wildman–Crippen LogP) is 5.60. The molecule has 0 radical (unpaired) electrons. The van der Waals surface area contributed by atoms with Gasteiger partial charge in [0.25, 0.3) is 0 Å². The Balaban J connectivity index is 1.34. The summed E-state index contributed by atoms with van der Waals surface area (Å²) in [4.78, 5) is 23.8. The number of nitrogens with one attached hydrogen (secondary N) is 2. The Labute approximate surface area is 196 Å². The maximum atomic E-state index is 14.6. The minimum Gasteiger partial charge on any atom is -0.502 e. The van der Waals surface area contributed by atoms with Crippen molar-refractivity contribution >= 4 is 44.8 Å². The summed E-state index contributed by atoms with van der Waals surface area (Å²) < 4.78 is 31.3. The molecule has 1 aliphatic heterocycles. The van der Waals surface area contributed by atoms with Gasteiger partial charge in [-0.25, -0.2) is 19.0 Å². The van der Waals surface area contributed by atoms with E-state index in [0.717, 1.165) is 6.07 Å². The molecule has 0 bridgehead atoms. The van der Waals surface area contributed by atoms with Gasteiger partial charge in [0.15, 0.2) is 5.13 Å². The molecule has 170 valence electrons. The number of pyridine rings is 1. The first-order valence-electron chi connectivity index (χ1n) is 10.1. The molecular weight excluding hydrogens is 461 g/mol. The molecule has 2 aromatic carbocycles. The van der Waals surface area contributed by atoms with E-state index in [0.29, 0.717) is 46.4 Å². The van der Waals surface area contributed by atoms with Crippen molar-refractivity contribution in [1.29, 1.82) is 0 Å². The van der Waals surface area contributed by atoms with Crippen molar-refractivity contribution in [2.75, 3.05) is 23.8 Å². The molecule has 0 spiro atoms. The molecule has 1 fully saturated rings. The largest absolute Gasteiger partial charge is 0.502 e. The van der Waals surface area contributed by atoms with Gasteiger partial charge in [-0.1, -0.05) is 0 Å². The summed E-state index contributed by atoms with van der Waals surface area (Å²) in [6.45, 7) is 8.50. The van der Waals surface area contributed by atoms with E-state index in [4.69, 9.17) is 20.8 Å². The van der Waals surface area contributed by atoms with Crippen LogP contribution in [0.5, 0.6) is 17.2 Å². The smallest absolute Gasteiger partial charge is 0.325 e. The number of urea groups is 1. The van der Waals surface area contributed by atoms with Crippen LogP contribution in [-0.2, 0) is 4.74 Å². The first-order chi connectivity index (χ1) is 16.6. The Kier molecular flexibility index (Phi) is 5.90. The predicted molar refractivity (Wildman–Crippen MR) is 124 cm³/mol. The van der Waals surface area contributed by atoms with Crippen LogP contribution in [0, 0.1) is 12.4 Å². The number of hydrogen-bond donors (Lipinski definition) is 2. The molecule has 3 heterocycles. The fourth-order valence-electron chi connectivity index (χ4n) is 3.10. The summed E-state index contributed by atoms with van der Waals surface area (Å²) in [7, 11) is 0. The number of epoxide rings is 1. The number of thiazole rings is 1. The van der Waals surface area contributed by atoms with Crippen LogP contribution >= 0.6 is 11.3 Å². The molecule has 0 saturated carbocycles. The van der Waals surface area contributed by atoms with Gasteiger partial charge in [-0.15, -0.1) is 11.3 Å². The lowest BCUT2D eigenvalue weighted by Crippen LogP contribution is -2.19. The van der Waals surface area contributed by atoms with Crippen molar-refractivity contribution in [3.05, 3.63) is 71.4 Å². The molecule has 9 nitrogen and oxygen atoms in total. The van der Waals surface area contributed by atoms with Crippen molar-refractivity contribution in [2.45, 2.75) is 6.10 Å². The summed E-state index contributed by atoms with van der Waals surface area (Å²) in [6.07, 6.45) is 3.16. The standard InChI is InChI=1S/C23H16FN5O4S/c1-25-19-9-15-18(10-21(19)32-12-14-11-31-14)26-5-4-20(15)33-13-2-3-17(16(24)8-13)28-22(30)29-23-27-6-7-34-23/h2-10,14H,11-12H2,(H2,27,28,29,30). The molecule has 4 aromatic rings. The topological polar surface area (TPSA) is 102 Å². The van der Waals surface area contributed by atoms with E-state index >= 15 is 0 Å². The third-order valence-corrected chi connectivity index (χ3v) is 5.49. The molecule has 1 saturated heterocycles. The normalized spacial score (nSPS) is 14.3. The number of amides is 2. The molecule has 11 heteroatoms. The minimum absolute atomic E-state index is 0.0160. The van der Waals surface area contributed by atoms with Crippen LogP contribution in [0.3, 0.4) is 0 Å². The van der Waals surface area contributed by atoms with Crippen LogP contribution in [0.15, 0.2) is 54.2 Å². The van der Waals surface area contributed by atoms with E-state index in [2.05, 4.69) is 25.4 Å². The molecule has 2 N–H and O–H groups in total.